The summed E-state index contributed by atoms with van der Waals surface area (Å²) in [7, 11) is 1.55. The SMILES string of the molecule is COc1ccccc1/C=N\OC(=O)Nc1cccc(Cl)c1. The highest BCUT2D eigenvalue weighted by Crippen LogP contribution is 2.16. The molecule has 5 nitrogen and oxygen atoms in total. The maximum atomic E-state index is 11.5. The smallest absolute Gasteiger partial charge is 0.437 e. The highest BCUT2D eigenvalue weighted by molar-refractivity contribution is 6.30. The number of oxime groups is 1. The molecule has 1 amide bonds. The van der Waals surface area contributed by atoms with Crippen LogP contribution in [0.25, 0.3) is 0 Å². The minimum atomic E-state index is -0.705. The lowest BCUT2D eigenvalue weighted by Gasteiger charge is -2.04. The van der Waals surface area contributed by atoms with Gasteiger partial charge >= 0.3 is 6.09 Å². The topological polar surface area (TPSA) is 59.9 Å². The number of ether oxygens (including phenoxy) is 1. The van der Waals surface area contributed by atoms with Gasteiger partial charge in [0, 0.05) is 16.3 Å². The van der Waals surface area contributed by atoms with E-state index in [0.29, 0.717) is 22.0 Å². The van der Waals surface area contributed by atoms with E-state index < -0.39 is 6.09 Å². The van der Waals surface area contributed by atoms with Crippen molar-refractivity contribution < 1.29 is 14.4 Å². The van der Waals surface area contributed by atoms with Crippen LogP contribution >= 0.6 is 11.6 Å². The average molecular weight is 305 g/mol. The summed E-state index contributed by atoms with van der Waals surface area (Å²) in [5, 5.41) is 6.64. The van der Waals surface area contributed by atoms with Crippen LogP contribution in [-0.4, -0.2) is 19.4 Å². The number of halogens is 1. The summed E-state index contributed by atoms with van der Waals surface area (Å²) in [4.78, 5) is 16.3. The predicted octanol–water partition coefficient (Wildman–Crippen LogP) is 3.93. The molecular weight excluding hydrogens is 292 g/mol. The van der Waals surface area contributed by atoms with Crippen LogP contribution in [0.4, 0.5) is 10.5 Å². The molecule has 2 aromatic carbocycles. The van der Waals surface area contributed by atoms with Gasteiger partial charge < -0.3 is 4.74 Å². The molecule has 0 spiro atoms. The zero-order chi connectivity index (χ0) is 15.1. The van der Waals surface area contributed by atoms with Crippen molar-refractivity contribution in [2.24, 2.45) is 5.16 Å². The van der Waals surface area contributed by atoms with Gasteiger partial charge in [0.1, 0.15) is 5.75 Å². The van der Waals surface area contributed by atoms with E-state index in [0.717, 1.165) is 0 Å². The quantitative estimate of drug-likeness (QED) is 0.529. The molecule has 0 aliphatic rings. The first kappa shape index (κ1) is 14.9. The van der Waals surface area contributed by atoms with Crippen molar-refractivity contribution in [3.63, 3.8) is 0 Å². The van der Waals surface area contributed by atoms with Crippen molar-refractivity contribution in [1.29, 1.82) is 0 Å². The molecule has 0 aliphatic carbocycles. The largest absolute Gasteiger partial charge is 0.496 e. The van der Waals surface area contributed by atoms with Crippen molar-refractivity contribution in [3.05, 3.63) is 59.1 Å². The molecule has 0 saturated carbocycles. The first-order valence-corrected chi connectivity index (χ1v) is 6.47. The Kier molecular flexibility index (Phi) is 5.17. The molecular formula is C15H13ClN2O3. The van der Waals surface area contributed by atoms with Gasteiger partial charge in [0.2, 0.25) is 0 Å². The van der Waals surface area contributed by atoms with Crippen LogP contribution < -0.4 is 10.1 Å². The summed E-state index contributed by atoms with van der Waals surface area (Å²) in [5.41, 5.74) is 1.23. The summed E-state index contributed by atoms with van der Waals surface area (Å²) in [6.07, 6.45) is 0.694. The van der Waals surface area contributed by atoms with E-state index in [1.807, 2.05) is 12.1 Å². The Balaban J connectivity index is 1.93. The maximum Gasteiger partial charge on any atom is 0.437 e. The Hall–Kier alpha value is -2.53. The van der Waals surface area contributed by atoms with E-state index in [1.165, 1.54) is 6.21 Å². The van der Waals surface area contributed by atoms with Gasteiger partial charge in [-0.05, 0) is 30.3 Å². The molecule has 0 bridgehead atoms. The van der Waals surface area contributed by atoms with E-state index in [-0.39, 0.29) is 0 Å². The van der Waals surface area contributed by atoms with Crippen molar-refractivity contribution in [2.75, 3.05) is 12.4 Å². The lowest BCUT2D eigenvalue weighted by Crippen LogP contribution is -2.10. The van der Waals surface area contributed by atoms with Gasteiger partial charge in [-0.25, -0.2) is 4.79 Å². The third-order valence-corrected chi connectivity index (χ3v) is 2.77. The maximum absolute atomic E-state index is 11.5. The van der Waals surface area contributed by atoms with E-state index >= 15 is 0 Å². The second-order valence-corrected chi connectivity index (χ2v) is 4.43. The molecule has 0 aromatic heterocycles. The molecule has 108 valence electrons. The molecule has 0 aliphatic heterocycles. The zero-order valence-electron chi connectivity index (χ0n) is 11.2. The molecule has 0 heterocycles. The normalized spacial score (nSPS) is 10.4. The molecule has 21 heavy (non-hydrogen) atoms. The fourth-order valence-corrected chi connectivity index (χ4v) is 1.80. The summed E-state index contributed by atoms with van der Waals surface area (Å²) < 4.78 is 5.15. The second-order valence-electron chi connectivity index (χ2n) is 3.99. The van der Waals surface area contributed by atoms with E-state index in [1.54, 1.807) is 43.5 Å². The monoisotopic (exact) mass is 304 g/mol. The van der Waals surface area contributed by atoms with Crippen LogP contribution in [0, 0.1) is 0 Å². The fourth-order valence-electron chi connectivity index (χ4n) is 1.61. The minimum Gasteiger partial charge on any atom is -0.496 e. The first-order chi connectivity index (χ1) is 10.2. The molecule has 1 N–H and O–H groups in total. The van der Waals surface area contributed by atoms with Crippen LogP contribution in [0.2, 0.25) is 5.02 Å². The molecule has 0 atom stereocenters. The molecule has 0 saturated heterocycles. The molecule has 2 aromatic rings. The Morgan fingerprint density at radius 3 is 2.81 bits per heavy atom. The van der Waals surface area contributed by atoms with Gasteiger partial charge in [0.15, 0.2) is 0 Å². The van der Waals surface area contributed by atoms with Gasteiger partial charge in [-0.15, -0.1) is 0 Å². The van der Waals surface area contributed by atoms with Crippen LogP contribution in [0.1, 0.15) is 5.56 Å². The van der Waals surface area contributed by atoms with E-state index in [4.69, 9.17) is 21.2 Å². The number of benzene rings is 2. The van der Waals surface area contributed by atoms with Crippen LogP contribution in [0.5, 0.6) is 5.75 Å². The number of carbonyl (C=O) groups excluding carboxylic acids is 1. The van der Waals surface area contributed by atoms with Crippen LogP contribution in [0.3, 0.4) is 0 Å². The Bertz CT molecular complexity index is 659. The molecule has 0 unspecified atom stereocenters. The molecule has 0 fully saturated rings. The Labute approximate surface area is 127 Å². The lowest BCUT2D eigenvalue weighted by atomic mass is 10.2. The summed E-state index contributed by atoms with van der Waals surface area (Å²) in [6.45, 7) is 0. The third kappa shape index (κ3) is 4.50. The average Bonchev–Trinajstić information content (AvgIpc) is 2.47. The first-order valence-electron chi connectivity index (χ1n) is 6.09. The van der Waals surface area contributed by atoms with Crippen LogP contribution in [0.15, 0.2) is 53.7 Å². The number of methoxy groups -OCH3 is 1. The second kappa shape index (κ2) is 7.31. The van der Waals surface area contributed by atoms with Crippen molar-refractivity contribution >= 4 is 29.6 Å². The highest BCUT2D eigenvalue weighted by atomic mass is 35.5. The summed E-state index contributed by atoms with van der Waals surface area (Å²) >= 11 is 5.81. The Morgan fingerprint density at radius 1 is 1.24 bits per heavy atom. The van der Waals surface area contributed by atoms with Gasteiger partial charge in [-0.1, -0.05) is 35.0 Å². The van der Waals surface area contributed by atoms with Gasteiger partial charge in [0.25, 0.3) is 0 Å². The van der Waals surface area contributed by atoms with Gasteiger partial charge in [0.05, 0.1) is 13.3 Å². The number of hydrogen-bond acceptors (Lipinski definition) is 4. The number of nitrogens with zero attached hydrogens (tertiary/aromatic N) is 1. The third-order valence-electron chi connectivity index (χ3n) is 2.54. The summed E-state index contributed by atoms with van der Waals surface area (Å²) in [5.74, 6) is 0.639. The fraction of sp³-hybridized carbons (Fsp3) is 0.0667. The molecule has 6 heteroatoms. The van der Waals surface area contributed by atoms with Gasteiger partial charge in [-0.2, -0.15) is 0 Å². The zero-order valence-corrected chi connectivity index (χ0v) is 12.0. The molecule has 2 rings (SSSR count). The number of carbonyl (C=O) groups is 1. The number of hydrogen-bond donors (Lipinski definition) is 1. The minimum absolute atomic E-state index is 0.519. The lowest BCUT2D eigenvalue weighted by molar-refractivity contribution is 0.167. The number of nitrogens with one attached hydrogen (secondary N) is 1. The van der Waals surface area contributed by atoms with Crippen LogP contribution in [-0.2, 0) is 4.84 Å². The Morgan fingerprint density at radius 2 is 2.05 bits per heavy atom. The number of anilines is 1. The van der Waals surface area contributed by atoms with Crippen molar-refractivity contribution in [3.8, 4) is 5.75 Å². The van der Waals surface area contributed by atoms with Crippen molar-refractivity contribution in [1.82, 2.24) is 0 Å². The number of para-hydroxylation sites is 1. The molecule has 0 radical (unpaired) electrons. The van der Waals surface area contributed by atoms with Gasteiger partial charge in [-0.3, -0.25) is 10.2 Å². The summed E-state index contributed by atoms with van der Waals surface area (Å²) in [6, 6.07) is 14.0. The standard InChI is InChI=1S/C15H13ClN2O3/c1-20-14-8-3-2-5-11(14)10-17-21-15(19)18-13-7-4-6-12(16)9-13/h2-10H,1H3,(H,18,19)/b17-10-. The van der Waals surface area contributed by atoms with E-state index in [2.05, 4.69) is 10.5 Å². The van der Waals surface area contributed by atoms with E-state index in [9.17, 15) is 4.79 Å². The number of amides is 1. The highest BCUT2D eigenvalue weighted by Gasteiger charge is 2.03. The van der Waals surface area contributed by atoms with Crippen molar-refractivity contribution in [2.45, 2.75) is 0 Å². The predicted molar refractivity (Wildman–Crippen MR) is 82.1 cm³/mol. The number of rotatable bonds is 4.